The Morgan fingerprint density at radius 1 is 1.88 bits per heavy atom. The van der Waals surface area contributed by atoms with Gasteiger partial charge in [-0.05, 0) is 12.1 Å². The van der Waals surface area contributed by atoms with Crippen LogP contribution < -0.4 is 0 Å². The Morgan fingerprint density at radius 3 is 2.38 bits per heavy atom. The first-order valence-electron chi connectivity index (χ1n) is 1.95. The van der Waals surface area contributed by atoms with Crippen molar-refractivity contribution in [2.24, 2.45) is 5.18 Å². The van der Waals surface area contributed by atoms with Crippen LogP contribution in [0.25, 0.3) is 0 Å². The molecule has 0 saturated heterocycles. The molecule has 1 atom stereocenters. The van der Waals surface area contributed by atoms with E-state index in [1.54, 1.807) is 0 Å². The van der Waals surface area contributed by atoms with Crippen molar-refractivity contribution in [3.05, 3.63) is 4.91 Å². The number of nitrogens with zero attached hydrogens (tertiary/aromatic N) is 2. The van der Waals surface area contributed by atoms with Gasteiger partial charge in [-0.25, -0.2) is 0 Å². The second-order valence-corrected chi connectivity index (χ2v) is 1.25. The minimum atomic E-state index is -1.31. The van der Waals surface area contributed by atoms with Crippen molar-refractivity contribution in [1.29, 1.82) is 5.26 Å². The molecule has 4 nitrogen and oxygen atoms in total. The largest absolute Gasteiger partial charge is 0.296 e. The van der Waals surface area contributed by atoms with Crippen LogP contribution in [-0.2, 0) is 4.79 Å². The number of ketones is 1. The molecule has 4 heteroatoms. The van der Waals surface area contributed by atoms with Gasteiger partial charge in [0.25, 0.3) is 0 Å². The van der Waals surface area contributed by atoms with Gasteiger partial charge in [-0.15, -0.1) is 4.91 Å². The number of hydrogen-bond donors (Lipinski definition) is 0. The molecule has 0 aromatic rings. The smallest absolute Gasteiger partial charge is 0.235 e. The highest BCUT2D eigenvalue weighted by Crippen LogP contribution is 1.87. The number of nitriles is 1. The minimum absolute atomic E-state index is 0.512. The summed E-state index contributed by atoms with van der Waals surface area (Å²) in [7, 11) is 0. The van der Waals surface area contributed by atoms with Crippen LogP contribution in [0.5, 0.6) is 0 Å². The molecule has 42 valence electrons. The molecule has 0 aliphatic carbocycles. The molecule has 0 bridgehead atoms. The maximum Gasteiger partial charge on any atom is 0.235 e. The summed E-state index contributed by atoms with van der Waals surface area (Å²) in [5.41, 5.74) is 0. The van der Waals surface area contributed by atoms with Gasteiger partial charge in [-0.2, -0.15) is 5.26 Å². The molecule has 0 aromatic heterocycles. The van der Waals surface area contributed by atoms with E-state index in [4.69, 9.17) is 5.26 Å². The van der Waals surface area contributed by atoms with Gasteiger partial charge in [0.15, 0.2) is 5.78 Å². The Morgan fingerprint density at radius 2 is 2.38 bits per heavy atom. The van der Waals surface area contributed by atoms with Gasteiger partial charge in [0, 0.05) is 0 Å². The third-order valence-corrected chi connectivity index (χ3v) is 0.613. The maximum atomic E-state index is 10.1. The molecular formula is C4H4N2O2. The first-order chi connectivity index (χ1) is 3.72. The topological polar surface area (TPSA) is 70.3 Å². The SMILES string of the molecule is CC(=O)C(C#N)N=O. The summed E-state index contributed by atoms with van der Waals surface area (Å²) >= 11 is 0. The number of Topliss-reactive ketones (excluding diaryl/α,β-unsaturated/α-hetero) is 1. The fourth-order valence-electron chi connectivity index (χ4n) is 0.189. The van der Waals surface area contributed by atoms with Crippen LogP contribution in [0.2, 0.25) is 0 Å². The quantitative estimate of drug-likeness (QED) is 0.480. The Balaban J connectivity index is 3.95. The zero-order valence-corrected chi connectivity index (χ0v) is 4.29. The average Bonchev–Trinajstić information content (AvgIpc) is 1.69. The minimum Gasteiger partial charge on any atom is -0.296 e. The van der Waals surface area contributed by atoms with E-state index in [1.807, 2.05) is 0 Å². The van der Waals surface area contributed by atoms with E-state index in [0.717, 1.165) is 6.92 Å². The Kier molecular flexibility index (Phi) is 2.41. The van der Waals surface area contributed by atoms with E-state index in [9.17, 15) is 9.70 Å². The van der Waals surface area contributed by atoms with Gasteiger partial charge in [0.2, 0.25) is 6.04 Å². The molecule has 0 amide bonds. The van der Waals surface area contributed by atoms with Crippen molar-refractivity contribution in [3.8, 4) is 6.07 Å². The van der Waals surface area contributed by atoms with E-state index in [2.05, 4.69) is 5.18 Å². The lowest BCUT2D eigenvalue weighted by molar-refractivity contribution is -0.117. The summed E-state index contributed by atoms with van der Waals surface area (Å²) in [4.78, 5) is 19.6. The molecule has 0 aliphatic rings. The van der Waals surface area contributed by atoms with E-state index < -0.39 is 11.8 Å². The molecule has 0 fully saturated rings. The van der Waals surface area contributed by atoms with Crippen molar-refractivity contribution in [2.45, 2.75) is 13.0 Å². The predicted octanol–water partition coefficient (Wildman–Crippen LogP) is 0.234. The van der Waals surface area contributed by atoms with Crippen LogP contribution in [0.15, 0.2) is 5.18 Å². The standard InChI is InChI=1S/C4H4N2O2/c1-3(7)4(2-5)6-8/h4H,1H3. The zero-order valence-electron chi connectivity index (χ0n) is 4.29. The predicted molar refractivity (Wildman–Crippen MR) is 25.9 cm³/mol. The third kappa shape index (κ3) is 1.47. The molecule has 0 aromatic carbocycles. The van der Waals surface area contributed by atoms with Crippen LogP contribution >= 0.6 is 0 Å². The molecule has 0 saturated carbocycles. The van der Waals surface area contributed by atoms with Crippen LogP contribution in [0.1, 0.15) is 6.92 Å². The second kappa shape index (κ2) is 2.86. The van der Waals surface area contributed by atoms with E-state index in [0.29, 0.717) is 0 Å². The van der Waals surface area contributed by atoms with Gasteiger partial charge in [-0.1, -0.05) is 0 Å². The van der Waals surface area contributed by atoms with Gasteiger partial charge in [0.1, 0.15) is 6.07 Å². The van der Waals surface area contributed by atoms with Crippen molar-refractivity contribution in [2.75, 3.05) is 0 Å². The van der Waals surface area contributed by atoms with Crippen LogP contribution in [0.3, 0.4) is 0 Å². The van der Waals surface area contributed by atoms with Gasteiger partial charge in [-0.3, -0.25) is 4.79 Å². The van der Waals surface area contributed by atoms with Crippen LogP contribution in [-0.4, -0.2) is 11.8 Å². The molecule has 8 heavy (non-hydrogen) atoms. The molecule has 1 unspecified atom stereocenters. The van der Waals surface area contributed by atoms with Crippen molar-refractivity contribution < 1.29 is 4.79 Å². The van der Waals surface area contributed by atoms with Crippen molar-refractivity contribution in [3.63, 3.8) is 0 Å². The highest BCUT2D eigenvalue weighted by Gasteiger charge is 2.10. The Labute approximate surface area is 46.1 Å². The maximum absolute atomic E-state index is 10.1. The summed E-state index contributed by atoms with van der Waals surface area (Å²) in [5, 5.41) is 10.2. The first-order valence-corrected chi connectivity index (χ1v) is 1.95. The molecule has 0 rings (SSSR count). The Hall–Kier alpha value is -1.24. The van der Waals surface area contributed by atoms with Gasteiger partial charge >= 0.3 is 0 Å². The van der Waals surface area contributed by atoms with Crippen LogP contribution in [0.4, 0.5) is 0 Å². The van der Waals surface area contributed by atoms with Gasteiger partial charge < -0.3 is 0 Å². The summed E-state index contributed by atoms with van der Waals surface area (Å²) in [6.07, 6.45) is 0. The van der Waals surface area contributed by atoms with Crippen molar-refractivity contribution >= 4 is 5.78 Å². The Bertz CT molecular complexity index is 147. The van der Waals surface area contributed by atoms with E-state index in [-0.39, 0.29) is 0 Å². The third-order valence-electron chi connectivity index (χ3n) is 0.613. The lowest BCUT2D eigenvalue weighted by Crippen LogP contribution is -2.10. The number of carbonyl (C=O) groups is 1. The fourth-order valence-corrected chi connectivity index (χ4v) is 0.189. The highest BCUT2D eigenvalue weighted by atomic mass is 16.3. The fraction of sp³-hybridized carbons (Fsp3) is 0.500. The lowest BCUT2D eigenvalue weighted by Gasteiger charge is -1.85. The molecule has 0 N–H and O–H groups in total. The highest BCUT2D eigenvalue weighted by molar-refractivity contribution is 5.84. The lowest BCUT2D eigenvalue weighted by atomic mass is 10.2. The molecule has 0 spiro atoms. The molecule has 0 radical (unpaired) electrons. The monoisotopic (exact) mass is 112 g/mol. The summed E-state index contributed by atoms with van der Waals surface area (Å²) in [5.74, 6) is -0.512. The summed E-state index contributed by atoms with van der Waals surface area (Å²) in [6.45, 7) is 1.15. The van der Waals surface area contributed by atoms with Crippen LogP contribution in [0, 0.1) is 16.2 Å². The first kappa shape index (κ1) is 6.76. The van der Waals surface area contributed by atoms with E-state index in [1.165, 1.54) is 6.07 Å². The second-order valence-electron chi connectivity index (χ2n) is 1.25. The zero-order chi connectivity index (χ0) is 6.57. The summed E-state index contributed by atoms with van der Waals surface area (Å²) < 4.78 is 0. The summed E-state index contributed by atoms with van der Waals surface area (Å²) in [6, 6.07) is 0.112. The normalized spacial score (nSPS) is 11.5. The van der Waals surface area contributed by atoms with Gasteiger partial charge in [0.05, 0.1) is 0 Å². The average molecular weight is 112 g/mol. The molecule has 0 heterocycles. The number of carbonyl (C=O) groups excluding carboxylic acids is 1. The number of nitroso groups, excluding NO2 is 1. The molecular weight excluding hydrogens is 108 g/mol. The van der Waals surface area contributed by atoms with Crippen molar-refractivity contribution in [1.82, 2.24) is 0 Å². The molecule has 0 aliphatic heterocycles. The number of rotatable bonds is 2. The van der Waals surface area contributed by atoms with E-state index >= 15 is 0 Å². The number of hydrogen-bond acceptors (Lipinski definition) is 4.